The van der Waals surface area contributed by atoms with Gasteiger partial charge in [-0.25, -0.2) is 0 Å². The summed E-state index contributed by atoms with van der Waals surface area (Å²) in [5, 5.41) is 13.7. The molecule has 1 atom stereocenters. The number of hydrogen-bond donors (Lipinski definition) is 1. The number of carbonyl (C=O) groups is 1. The molecule has 150 valence electrons. The van der Waals surface area contributed by atoms with Gasteiger partial charge in [-0.15, -0.1) is 11.8 Å². The van der Waals surface area contributed by atoms with Gasteiger partial charge in [-0.2, -0.15) is 0 Å². The van der Waals surface area contributed by atoms with E-state index in [4.69, 9.17) is 9.47 Å². The van der Waals surface area contributed by atoms with Crippen LogP contribution in [0.3, 0.4) is 0 Å². The highest BCUT2D eigenvalue weighted by Gasteiger charge is 2.14. The maximum absolute atomic E-state index is 12.3. The first-order chi connectivity index (χ1) is 13.4. The summed E-state index contributed by atoms with van der Waals surface area (Å²) in [7, 11) is 0. The smallest absolute Gasteiger partial charge is 0.269 e. The molecule has 0 radical (unpaired) electrons. The van der Waals surface area contributed by atoms with Crippen molar-refractivity contribution in [3.63, 3.8) is 0 Å². The number of nitrogens with one attached hydrogen (secondary N) is 1. The first-order valence-corrected chi connectivity index (χ1v) is 10.0. The van der Waals surface area contributed by atoms with Crippen molar-refractivity contribution in [2.75, 3.05) is 24.3 Å². The third kappa shape index (κ3) is 6.16. The Bertz CT molecular complexity index is 828. The Morgan fingerprint density at radius 1 is 1.14 bits per heavy atom. The minimum absolute atomic E-state index is 0.0484. The quantitative estimate of drug-likeness (QED) is 0.451. The van der Waals surface area contributed by atoms with Crippen LogP contribution in [0, 0.1) is 10.1 Å². The van der Waals surface area contributed by atoms with E-state index in [1.807, 2.05) is 26.8 Å². The summed E-state index contributed by atoms with van der Waals surface area (Å²) in [5.74, 6) is 1.28. The third-order valence-electron chi connectivity index (χ3n) is 3.84. The Balaban J connectivity index is 1.95. The van der Waals surface area contributed by atoms with Gasteiger partial charge < -0.3 is 14.8 Å². The van der Waals surface area contributed by atoms with E-state index in [2.05, 4.69) is 5.32 Å². The molecule has 0 aromatic heterocycles. The maximum Gasteiger partial charge on any atom is 0.269 e. The van der Waals surface area contributed by atoms with E-state index in [1.165, 1.54) is 23.9 Å². The molecule has 0 saturated heterocycles. The number of amides is 1. The van der Waals surface area contributed by atoms with Gasteiger partial charge in [0.15, 0.2) is 11.5 Å². The number of ether oxygens (including phenoxy) is 2. The topological polar surface area (TPSA) is 90.7 Å². The molecule has 0 saturated carbocycles. The van der Waals surface area contributed by atoms with Crippen LogP contribution in [0.5, 0.6) is 11.5 Å². The number of carbonyl (C=O) groups excluding carboxylic acids is 1. The van der Waals surface area contributed by atoms with Gasteiger partial charge >= 0.3 is 0 Å². The number of thioether (sulfide) groups is 1. The zero-order valence-corrected chi connectivity index (χ0v) is 17.0. The van der Waals surface area contributed by atoms with E-state index >= 15 is 0 Å². The molecule has 1 amide bonds. The Hall–Kier alpha value is -2.74. The van der Waals surface area contributed by atoms with Crippen LogP contribution in [0.4, 0.5) is 11.4 Å². The van der Waals surface area contributed by atoms with E-state index in [0.717, 1.165) is 5.56 Å². The average Bonchev–Trinajstić information content (AvgIpc) is 2.68. The van der Waals surface area contributed by atoms with E-state index in [0.29, 0.717) is 30.4 Å². The Labute approximate surface area is 168 Å². The number of nitrogens with zero attached hydrogens (tertiary/aromatic N) is 1. The fourth-order valence-electron chi connectivity index (χ4n) is 2.51. The molecule has 2 rings (SSSR count). The molecule has 0 aliphatic rings. The van der Waals surface area contributed by atoms with Gasteiger partial charge in [0, 0.05) is 29.1 Å². The minimum atomic E-state index is -0.421. The van der Waals surface area contributed by atoms with E-state index in [9.17, 15) is 14.9 Å². The van der Waals surface area contributed by atoms with Crippen molar-refractivity contribution < 1.29 is 19.2 Å². The molecule has 0 bridgehead atoms. The summed E-state index contributed by atoms with van der Waals surface area (Å²) >= 11 is 1.41. The van der Waals surface area contributed by atoms with Gasteiger partial charge in [0.2, 0.25) is 5.91 Å². The van der Waals surface area contributed by atoms with Crippen LogP contribution in [0.15, 0.2) is 42.5 Å². The van der Waals surface area contributed by atoms with Gasteiger partial charge in [-0.05, 0) is 38.5 Å². The molecule has 0 aliphatic carbocycles. The lowest BCUT2D eigenvalue weighted by atomic mass is 10.1. The summed E-state index contributed by atoms with van der Waals surface area (Å²) in [6.07, 6.45) is 0. The zero-order chi connectivity index (χ0) is 20.5. The number of non-ortho nitro benzene ring substituents is 1. The number of rotatable bonds is 10. The molecule has 28 heavy (non-hydrogen) atoms. The zero-order valence-electron chi connectivity index (χ0n) is 16.1. The molecule has 2 aromatic rings. The van der Waals surface area contributed by atoms with Crippen molar-refractivity contribution in [2.45, 2.75) is 26.0 Å². The minimum Gasteiger partial charge on any atom is -0.490 e. The lowest BCUT2D eigenvalue weighted by Gasteiger charge is -2.14. The van der Waals surface area contributed by atoms with Crippen LogP contribution in [-0.2, 0) is 4.79 Å². The van der Waals surface area contributed by atoms with Crippen LogP contribution in [0.2, 0.25) is 0 Å². The van der Waals surface area contributed by atoms with Crippen molar-refractivity contribution in [3.05, 3.63) is 58.1 Å². The van der Waals surface area contributed by atoms with E-state index in [1.54, 1.807) is 24.3 Å². The van der Waals surface area contributed by atoms with Crippen molar-refractivity contribution in [3.8, 4) is 11.5 Å². The average molecular weight is 404 g/mol. The summed E-state index contributed by atoms with van der Waals surface area (Å²) in [6, 6.07) is 11.7. The van der Waals surface area contributed by atoms with Gasteiger partial charge in [-0.3, -0.25) is 14.9 Å². The predicted octanol–water partition coefficient (Wildman–Crippen LogP) is 4.83. The monoisotopic (exact) mass is 404 g/mol. The molecule has 8 heteroatoms. The van der Waals surface area contributed by atoms with Crippen LogP contribution in [0.25, 0.3) is 0 Å². The highest BCUT2D eigenvalue weighted by molar-refractivity contribution is 8.00. The normalized spacial score (nSPS) is 11.5. The van der Waals surface area contributed by atoms with Crippen LogP contribution < -0.4 is 14.8 Å². The summed E-state index contributed by atoms with van der Waals surface area (Å²) in [4.78, 5) is 22.8. The second-order valence-corrected chi connectivity index (χ2v) is 7.21. The van der Waals surface area contributed by atoms with Gasteiger partial charge in [0.1, 0.15) is 0 Å². The van der Waals surface area contributed by atoms with Crippen LogP contribution in [0.1, 0.15) is 31.6 Å². The maximum atomic E-state index is 12.3. The van der Waals surface area contributed by atoms with Crippen molar-refractivity contribution in [1.29, 1.82) is 0 Å². The number of benzene rings is 2. The lowest BCUT2D eigenvalue weighted by molar-refractivity contribution is -0.384. The lowest BCUT2D eigenvalue weighted by Crippen LogP contribution is -2.15. The number of hydrogen-bond acceptors (Lipinski definition) is 6. The first kappa shape index (κ1) is 21.6. The first-order valence-electron chi connectivity index (χ1n) is 9.00. The van der Waals surface area contributed by atoms with E-state index in [-0.39, 0.29) is 22.6 Å². The highest BCUT2D eigenvalue weighted by atomic mass is 32.2. The fraction of sp³-hybridized carbons (Fsp3) is 0.350. The molecular weight excluding hydrogens is 380 g/mol. The predicted molar refractivity (Wildman–Crippen MR) is 111 cm³/mol. The summed E-state index contributed by atoms with van der Waals surface area (Å²) in [5.41, 5.74) is 1.49. The molecular formula is C20H24N2O5S. The highest BCUT2D eigenvalue weighted by Crippen LogP contribution is 2.32. The second-order valence-electron chi connectivity index (χ2n) is 5.88. The Kier molecular flexibility index (Phi) is 8.13. The SMILES string of the molecule is CCOc1ccc(NC(=O)CS[C@@H](C)c2cccc([N+](=O)[O-])c2)cc1OCC. The van der Waals surface area contributed by atoms with Crippen molar-refractivity contribution in [1.82, 2.24) is 0 Å². The molecule has 2 aromatic carbocycles. The molecule has 1 N–H and O–H groups in total. The molecule has 0 spiro atoms. The largest absolute Gasteiger partial charge is 0.490 e. The molecule has 7 nitrogen and oxygen atoms in total. The van der Waals surface area contributed by atoms with Crippen LogP contribution in [-0.4, -0.2) is 29.8 Å². The van der Waals surface area contributed by atoms with Gasteiger partial charge in [0.05, 0.1) is 23.9 Å². The number of nitro groups is 1. The Morgan fingerprint density at radius 3 is 2.54 bits per heavy atom. The summed E-state index contributed by atoms with van der Waals surface area (Å²) < 4.78 is 11.1. The molecule has 0 heterocycles. The standard InChI is InChI=1S/C20H24N2O5S/c1-4-26-18-10-9-16(12-19(18)27-5-2)21-20(23)13-28-14(3)15-7-6-8-17(11-15)22(24)25/h6-12,14H,4-5,13H2,1-3H3,(H,21,23)/t14-/m0/s1. The molecule has 0 aliphatic heterocycles. The molecule has 0 fully saturated rings. The van der Waals surface area contributed by atoms with E-state index < -0.39 is 4.92 Å². The number of anilines is 1. The third-order valence-corrected chi connectivity index (χ3v) is 5.04. The van der Waals surface area contributed by atoms with Gasteiger partial charge in [0.25, 0.3) is 5.69 Å². The second kappa shape index (κ2) is 10.6. The molecule has 0 unspecified atom stereocenters. The van der Waals surface area contributed by atoms with Gasteiger partial charge in [-0.1, -0.05) is 12.1 Å². The number of nitro benzene ring substituents is 1. The van der Waals surface area contributed by atoms with Crippen molar-refractivity contribution in [2.24, 2.45) is 0 Å². The van der Waals surface area contributed by atoms with Crippen molar-refractivity contribution >= 4 is 29.0 Å². The summed E-state index contributed by atoms with van der Waals surface area (Å²) in [6.45, 7) is 6.71. The van der Waals surface area contributed by atoms with Crippen LogP contribution >= 0.6 is 11.8 Å². The Morgan fingerprint density at radius 2 is 1.86 bits per heavy atom. The fourth-order valence-corrected chi connectivity index (χ4v) is 3.33.